The molecule has 0 unspecified atom stereocenters. The quantitative estimate of drug-likeness (QED) is 0.531. The van der Waals surface area contributed by atoms with Gasteiger partial charge in [0.25, 0.3) is 11.6 Å². The lowest BCUT2D eigenvalue weighted by Crippen LogP contribution is -2.50. The average molecular weight is 417 g/mol. The molecule has 0 fully saturated rings. The number of aryl methyl sites for hydroxylation is 1. The van der Waals surface area contributed by atoms with Gasteiger partial charge in [0.1, 0.15) is 6.04 Å². The summed E-state index contributed by atoms with van der Waals surface area (Å²) in [6.45, 7) is 3.87. The lowest BCUT2D eigenvalue weighted by atomic mass is 10.1. The summed E-state index contributed by atoms with van der Waals surface area (Å²) in [5, 5.41) is 11.2. The zero-order valence-electron chi connectivity index (χ0n) is 16.5. The third kappa shape index (κ3) is 3.95. The molecular formula is C20H23N3O5S. The highest BCUT2D eigenvalue weighted by Gasteiger charge is 2.37. The fourth-order valence-corrected chi connectivity index (χ4v) is 4.97. The Morgan fingerprint density at radius 1 is 1.28 bits per heavy atom. The van der Waals surface area contributed by atoms with Crippen molar-refractivity contribution in [3.63, 3.8) is 0 Å². The molecule has 0 aromatic heterocycles. The highest BCUT2D eigenvalue weighted by Crippen LogP contribution is 2.33. The molecule has 2 aromatic rings. The summed E-state index contributed by atoms with van der Waals surface area (Å²) in [6, 6.07) is 10.6. The number of carbonyl (C=O) groups is 1. The SMILES string of the molecule is CC[C@@H](C(=O)N1CCc2ccccc21)N(c1cc([N+](=O)[O-])ccc1C)S(C)(=O)=O. The number of nitro benzene ring substituents is 1. The van der Waals surface area contributed by atoms with Crippen LogP contribution in [0.5, 0.6) is 0 Å². The number of hydrogen-bond donors (Lipinski definition) is 0. The molecule has 154 valence electrons. The largest absolute Gasteiger partial charge is 0.310 e. The summed E-state index contributed by atoms with van der Waals surface area (Å²) in [7, 11) is -3.88. The van der Waals surface area contributed by atoms with Gasteiger partial charge in [-0.15, -0.1) is 0 Å². The normalized spacial score (nSPS) is 14.4. The van der Waals surface area contributed by atoms with Gasteiger partial charge in [-0.25, -0.2) is 8.42 Å². The molecule has 1 aliphatic rings. The molecule has 1 heterocycles. The first-order chi connectivity index (χ1) is 13.6. The lowest BCUT2D eigenvalue weighted by molar-refractivity contribution is -0.384. The highest BCUT2D eigenvalue weighted by molar-refractivity contribution is 7.92. The van der Waals surface area contributed by atoms with Gasteiger partial charge in [-0.05, 0) is 37.0 Å². The van der Waals surface area contributed by atoms with Gasteiger partial charge in [-0.3, -0.25) is 19.2 Å². The molecule has 0 saturated carbocycles. The maximum Gasteiger partial charge on any atom is 0.271 e. The number of para-hydroxylation sites is 1. The lowest BCUT2D eigenvalue weighted by Gasteiger charge is -2.33. The molecule has 0 N–H and O–H groups in total. The van der Waals surface area contributed by atoms with Gasteiger partial charge >= 0.3 is 0 Å². The van der Waals surface area contributed by atoms with E-state index in [4.69, 9.17) is 0 Å². The first-order valence-electron chi connectivity index (χ1n) is 9.29. The van der Waals surface area contributed by atoms with E-state index in [1.807, 2.05) is 24.3 Å². The van der Waals surface area contributed by atoms with Crippen LogP contribution in [-0.4, -0.2) is 38.1 Å². The van der Waals surface area contributed by atoms with Crippen LogP contribution < -0.4 is 9.21 Å². The standard InChI is InChI=1S/C20H23N3O5S/c1-4-17(20(24)21-12-11-15-7-5-6-8-18(15)21)22(29(3,27)28)19-13-16(23(25)26)10-9-14(19)2/h5-10,13,17H,4,11-12H2,1-3H3/t17-/m0/s1. The molecule has 0 bridgehead atoms. The van der Waals surface area contributed by atoms with Crippen LogP contribution in [0.1, 0.15) is 24.5 Å². The molecule has 8 nitrogen and oxygen atoms in total. The van der Waals surface area contributed by atoms with E-state index >= 15 is 0 Å². The number of anilines is 2. The Kier molecular flexibility index (Phi) is 5.61. The fraction of sp³-hybridized carbons (Fsp3) is 0.350. The van der Waals surface area contributed by atoms with E-state index in [0.29, 0.717) is 18.5 Å². The first-order valence-corrected chi connectivity index (χ1v) is 11.1. The van der Waals surface area contributed by atoms with Gasteiger partial charge in [0.15, 0.2) is 0 Å². The first kappa shape index (κ1) is 20.8. The topological polar surface area (TPSA) is 101 Å². The van der Waals surface area contributed by atoms with Crippen LogP contribution in [0.15, 0.2) is 42.5 Å². The Hall–Kier alpha value is -2.94. The van der Waals surface area contributed by atoms with Crippen LogP contribution >= 0.6 is 0 Å². The number of fused-ring (bicyclic) bond motifs is 1. The van der Waals surface area contributed by atoms with Crippen molar-refractivity contribution in [1.29, 1.82) is 0 Å². The molecule has 3 rings (SSSR count). The van der Waals surface area contributed by atoms with Crippen molar-refractivity contribution in [3.8, 4) is 0 Å². The van der Waals surface area contributed by atoms with Crippen molar-refractivity contribution in [1.82, 2.24) is 0 Å². The Bertz CT molecular complexity index is 1070. The second kappa shape index (κ2) is 7.82. The minimum Gasteiger partial charge on any atom is -0.310 e. The Balaban J connectivity index is 2.08. The van der Waals surface area contributed by atoms with E-state index in [-0.39, 0.29) is 23.7 Å². The summed E-state index contributed by atoms with van der Waals surface area (Å²) in [6.07, 6.45) is 1.94. The number of non-ortho nitro benzene ring substituents is 1. The Morgan fingerprint density at radius 3 is 2.59 bits per heavy atom. The number of nitrogens with zero attached hydrogens (tertiary/aromatic N) is 3. The Morgan fingerprint density at radius 2 is 1.97 bits per heavy atom. The van der Waals surface area contributed by atoms with E-state index in [9.17, 15) is 23.3 Å². The maximum atomic E-state index is 13.4. The van der Waals surface area contributed by atoms with Crippen LogP contribution in [0.25, 0.3) is 0 Å². The van der Waals surface area contributed by atoms with Crippen molar-refractivity contribution in [3.05, 3.63) is 63.7 Å². The number of carbonyl (C=O) groups excluding carboxylic acids is 1. The third-order valence-electron chi connectivity index (χ3n) is 5.11. The molecule has 0 spiro atoms. The smallest absolute Gasteiger partial charge is 0.271 e. The fourth-order valence-electron chi connectivity index (χ4n) is 3.71. The zero-order chi connectivity index (χ0) is 21.3. The third-order valence-corrected chi connectivity index (χ3v) is 6.27. The van der Waals surface area contributed by atoms with Crippen LogP contribution in [0, 0.1) is 17.0 Å². The number of sulfonamides is 1. The van der Waals surface area contributed by atoms with E-state index in [1.54, 1.807) is 18.7 Å². The van der Waals surface area contributed by atoms with Crippen molar-refractivity contribution >= 4 is 33.0 Å². The molecule has 1 aliphatic heterocycles. The van der Waals surface area contributed by atoms with Gasteiger partial charge < -0.3 is 4.90 Å². The molecule has 2 aromatic carbocycles. The van der Waals surface area contributed by atoms with Gasteiger partial charge in [0.05, 0.1) is 16.9 Å². The summed E-state index contributed by atoms with van der Waals surface area (Å²) in [5.74, 6) is -0.339. The summed E-state index contributed by atoms with van der Waals surface area (Å²) < 4.78 is 26.5. The molecule has 0 aliphatic carbocycles. The number of nitro groups is 1. The maximum absolute atomic E-state index is 13.4. The van der Waals surface area contributed by atoms with Gasteiger partial charge in [-0.2, -0.15) is 0 Å². The second-order valence-corrected chi connectivity index (χ2v) is 8.94. The highest BCUT2D eigenvalue weighted by atomic mass is 32.2. The second-order valence-electron chi connectivity index (χ2n) is 7.08. The van der Waals surface area contributed by atoms with Gasteiger partial charge in [0, 0.05) is 24.4 Å². The number of benzene rings is 2. The van der Waals surface area contributed by atoms with Gasteiger partial charge in [-0.1, -0.05) is 31.2 Å². The van der Waals surface area contributed by atoms with Crippen molar-refractivity contribution in [2.75, 3.05) is 22.0 Å². The number of rotatable bonds is 6. The van der Waals surface area contributed by atoms with Crippen LogP contribution in [0.2, 0.25) is 0 Å². The molecular weight excluding hydrogens is 394 g/mol. The number of amides is 1. The van der Waals surface area contributed by atoms with E-state index in [1.165, 1.54) is 18.2 Å². The number of hydrogen-bond acceptors (Lipinski definition) is 5. The van der Waals surface area contributed by atoms with E-state index < -0.39 is 21.0 Å². The molecule has 29 heavy (non-hydrogen) atoms. The van der Waals surface area contributed by atoms with Crippen LogP contribution in [0.4, 0.5) is 17.1 Å². The monoisotopic (exact) mass is 417 g/mol. The summed E-state index contributed by atoms with van der Waals surface area (Å²) in [4.78, 5) is 25.7. The van der Waals surface area contributed by atoms with Crippen LogP contribution in [0.3, 0.4) is 0 Å². The Labute approximate surface area is 169 Å². The summed E-state index contributed by atoms with van der Waals surface area (Å²) in [5.41, 5.74) is 2.27. The summed E-state index contributed by atoms with van der Waals surface area (Å²) >= 11 is 0. The minimum absolute atomic E-state index is 0.148. The average Bonchev–Trinajstić information content (AvgIpc) is 3.09. The van der Waals surface area contributed by atoms with E-state index in [2.05, 4.69) is 0 Å². The molecule has 9 heteroatoms. The van der Waals surface area contributed by atoms with Crippen molar-refractivity contribution in [2.24, 2.45) is 0 Å². The predicted octanol–water partition coefficient (Wildman–Crippen LogP) is 3.04. The molecule has 1 amide bonds. The molecule has 1 atom stereocenters. The molecule has 0 radical (unpaired) electrons. The van der Waals surface area contributed by atoms with Gasteiger partial charge in [0.2, 0.25) is 10.0 Å². The minimum atomic E-state index is -3.88. The zero-order valence-corrected chi connectivity index (χ0v) is 17.3. The van der Waals surface area contributed by atoms with E-state index in [0.717, 1.165) is 21.8 Å². The predicted molar refractivity (Wildman–Crippen MR) is 112 cm³/mol. The molecule has 0 saturated heterocycles. The van der Waals surface area contributed by atoms with Crippen molar-refractivity contribution < 1.29 is 18.1 Å². The van der Waals surface area contributed by atoms with Crippen LogP contribution in [-0.2, 0) is 21.2 Å². The van der Waals surface area contributed by atoms with Crippen molar-refractivity contribution in [2.45, 2.75) is 32.7 Å².